The van der Waals surface area contributed by atoms with Crippen LogP contribution in [0.2, 0.25) is 0 Å². The van der Waals surface area contributed by atoms with Gasteiger partial charge < -0.3 is 19.7 Å². The van der Waals surface area contributed by atoms with Gasteiger partial charge in [-0.25, -0.2) is 0 Å². The van der Waals surface area contributed by atoms with Crippen molar-refractivity contribution in [1.29, 1.82) is 0 Å². The maximum Gasteiger partial charge on any atom is 0.263 e. The molecule has 5 nitrogen and oxygen atoms in total. The van der Waals surface area contributed by atoms with E-state index in [4.69, 9.17) is 9.47 Å². The number of methoxy groups -OCH3 is 2. The summed E-state index contributed by atoms with van der Waals surface area (Å²) < 4.78 is 10.6. The van der Waals surface area contributed by atoms with E-state index < -0.39 is 0 Å². The number of carbonyl (C=O) groups is 1. The summed E-state index contributed by atoms with van der Waals surface area (Å²) in [5, 5.41) is 2.93. The van der Waals surface area contributed by atoms with Gasteiger partial charge >= 0.3 is 0 Å². The third kappa shape index (κ3) is 3.27. The molecule has 0 spiro atoms. The molecule has 0 radical (unpaired) electrons. The molecule has 0 aliphatic carbocycles. The molecule has 142 valence electrons. The molecule has 0 aromatic heterocycles. The molecular weight excluding hydrogens is 352 g/mol. The van der Waals surface area contributed by atoms with Gasteiger partial charge in [-0.05, 0) is 54.4 Å². The monoisotopic (exact) mass is 374 g/mol. The van der Waals surface area contributed by atoms with Gasteiger partial charge in [0.15, 0.2) is 0 Å². The van der Waals surface area contributed by atoms with E-state index in [1.54, 1.807) is 18.2 Å². The third-order valence-electron chi connectivity index (χ3n) is 4.98. The third-order valence-corrected chi connectivity index (χ3v) is 4.98. The molecule has 0 saturated carbocycles. The normalized spacial score (nSPS) is 12.4. The van der Waals surface area contributed by atoms with Crippen LogP contribution in [0.4, 0.5) is 17.1 Å². The minimum atomic E-state index is -0.270. The molecule has 0 atom stereocenters. The fraction of sp³-hybridized carbons (Fsp3) is 0.174. The fourth-order valence-corrected chi connectivity index (χ4v) is 3.60. The Labute approximate surface area is 164 Å². The lowest BCUT2D eigenvalue weighted by atomic mass is 10.1. The van der Waals surface area contributed by atoms with E-state index in [9.17, 15) is 4.79 Å². The van der Waals surface area contributed by atoms with Gasteiger partial charge in [0, 0.05) is 23.6 Å². The second kappa shape index (κ2) is 7.64. The summed E-state index contributed by atoms with van der Waals surface area (Å²) in [6, 6.07) is 21.6. The lowest BCUT2D eigenvalue weighted by molar-refractivity contribution is 0.102. The van der Waals surface area contributed by atoms with Crippen molar-refractivity contribution in [2.24, 2.45) is 0 Å². The maximum absolute atomic E-state index is 12.8. The highest BCUT2D eigenvalue weighted by molar-refractivity contribution is 6.08. The van der Waals surface area contributed by atoms with Gasteiger partial charge in [-0.15, -0.1) is 0 Å². The minimum absolute atomic E-state index is 0.270. The van der Waals surface area contributed by atoms with Crippen LogP contribution in [0.15, 0.2) is 66.7 Å². The topological polar surface area (TPSA) is 50.8 Å². The zero-order valence-corrected chi connectivity index (χ0v) is 15.9. The summed E-state index contributed by atoms with van der Waals surface area (Å²) in [5.74, 6) is 0.679. The summed E-state index contributed by atoms with van der Waals surface area (Å²) in [7, 11) is 3.07. The van der Waals surface area contributed by atoms with E-state index >= 15 is 0 Å². The summed E-state index contributed by atoms with van der Waals surface area (Å²) in [5.41, 5.74) is 4.82. The van der Waals surface area contributed by atoms with Crippen LogP contribution >= 0.6 is 0 Å². The quantitative estimate of drug-likeness (QED) is 0.706. The van der Waals surface area contributed by atoms with Gasteiger partial charge in [-0.3, -0.25) is 4.79 Å². The first-order chi connectivity index (χ1) is 13.7. The van der Waals surface area contributed by atoms with Crippen molar-refractivity contribution in [3.8, 4) is 11.5 Å². The summed E-state index contributed by atoms with van der Waals surface area (Å²) in [4.78, 5) is 15.1. The second-order valence-corrected chi connectivity index (χ2v) is 6.57. The van der Waals surface area contributed by atoms with Gasteiger partial charge in [0.25, 0.3) is 5.91 Å². The van der Waals surface area contributed by atoms with E-state index in [-0.39, 0.29) is 5.91 Å². The summed E-state index contributed by atoms with van der Waals surface area (Å²) in [6.07, 6.45) is 1.04. The van der Waals surface area contributed by atoms with E-state index in [0.717, 1.165) is 18.7 Å². The second-order valence-electron chi connectivity index (χ2n) is 6.57. The summed E-state index contributed by atoms with van der Waals surface area (Å²) in [6.45, 7) is 0.962. The molecule has 4 rings (SSSR count). The number of nitrogens with one attached hydrogen (secondary N) is 1. The molecule has 0 bridgehead atoms. The Hall–Kier alpha value is -3.47. The van der Waals surface area contributed by atoms with Gasteiger partial charge in [-0.2, -0.15) is 0 Å². The number of para-hydroxylation sites is 1. The average Bonchev–Trinajstić information content (AvgIpc) is 3.17. The van der Waals surface area contributed by atoms with Crippen molar-refractivity contribution in [1.82, 2.24) is 0 Å². The van der Waals surface area contributed by atoms with Crippen LogP contribution in [0.3, 0.4) is 0 Å². The Balaban J connectivity index is 1.54. The molecule has 0 unspecified atom stereocenters. The van der Waals surface area contributed by atoms with Crippen molar-refractivity contribution in [2.45, 2.75) is 6.42 Å². The molecule has 0 saturated heterocycles. The maximum atomic E-state index is 12.8. The zero-order valence-electron chi connectivity index (χ0n) is 15.9. The van der Waals surface area contributed by atoms with Crippen molar-refractivity contribution < 1.29 is 14.3 Å². The average molecular weight is 374 g/mol. The molecule has 1 heterocycles. The largest absolute Gasteiger partial charge is 0.496 e. The first kappa shape index (κ1) is 17.9. The van der Waals surface area contributed by atoms with Crippen molar-refractivity contribution >= 4 is 23.0 Å². The van der Waals surface area contributed by atoms with Crippen molar-refractivity contribution in [2.75, 3.05) is 31.0 Å². The Morgan fingerprint density at radius 3 is 2.25 bits per heavy atom. The molecule has 28 heavy (non-hydrogen) atoms. The number of ether oxygens (including phenoxy) is 2. The van der Waals surface area contributed by atoms with Crippen LogP contribution < -0.4 is 19.7 Å². The van der Waals surface area contributed by atoms with Crippen LogP contribution in [-0.2, 0) is 6.42 Å². The Kier molecular flexibility index (Phi) is 4.89. The van der Waals surface area contributed by atoms with Crippen molar-refractivity contribution in [3.05, 3.63) is 77.9 Å². The number of hydrogen-bond donors (Lipinski definition) is 1. The number of amides is 1. The molecule has 1 aliphatic heterocycles. The van der Waals surface area contributed by atoms with Gasteiger partial charge in [-0.1, -0.05) is 24.3 Å². The minimum Gasteiger partial charge on any atom is -0.496 e. The number of anilines is 3. The number of rotatable bonds is 5. The lowest BCUT2D eigenvalue weighted by Crippen LogP contribution is -2.15. The van der Waals surface area contributed by atoms with Crippen LogP contribution in [0, 0.1) is 0 Å². The Morgan fingerprint density at radius 2 is 1.57 bits per heavy atom. The smallest absolute Gasteiger partial charge is 0.263 e. The highest BCUT2D eigenvalue weighted by atomic mass is 16.5. The highest BCUT2D eigenvalue weighted by Gasteiger charge is 2.21. The Bertz CT molecular complexity index is 977. The SMILES string of the molecule is COc1cccc(OC)c1C(=O)Nc1ccc(N2CCc3ccccc32)cc1. The molecule has 0 fully saturated rings. The number of benzene rings is 3. The Morgan fingerprint density at radius 1 is 0.893 bits per heavy atom. The number of hydrogen-bond acceptors (Lipinski definition) is 4. The first-order valence-electron chi connectivity index (χ1n) is 9.19. The molecule has 1 N–H and O–H groups in total. The number of nitrogens with zero attached hydrogens (tertiary/aromatic N) is 1. The van der Waals surface area contributed by atoms with E-state index in [1.165, 1.54) is 25.5 Å². The molecule has 3 aromatic carbocycles. The molecule has 1 amide bonds. The standard InChI is InChI=1S/C23H22N2O3/c1-27-20-8-5-9-21(28-2)22(20)23(26)24-17-10-12-18(13-11-17)25-15-14-16-6-3-4-7-19(16)25/h3-13H,14-15H2,1-2H3,(H,24,26). The van der Waals surface area contributed by atoms with Crippen LogP contribution in [0.1, 0.15) is 15.9 Å². The van der Waals surface area contributed by atoms with Crippen LogP contribution in [0.5, 0.6) is 11.5 Å². The van der Waals surface area contributed by atoms with Crippen LogP contribution in [0.25, 0.3) is 0 Å². The molecular formula is C23H22N2O3. The summed E-state index contributed by atoms with van der Waals surface area (Å²) >= 11 is 0. The molecule has 5 heteroatoms. The van der Waals surface area contributed by atoms with Gasteiger partial charge in [0.2, 0.25) is 0 Å². The van der Waals surface area contributed by atoms with Gasteiger partial charge in [0.1, 0.15) is 17.1 Å². The van der Waals surface area contributed by atoms with Crippen molar-refractivity contribution in [3.63, 3.8) is 0 Å². The van der Waals surface area contributed by atoms with Crippen LogP contribution in [-0.4, -0.2) is 26.7 Å². The first-order valence-corrected chi connectivity index (χ1v) is 9.19. The number of fused-ring (bicyclic) bond motifs is 1. The predicted molar refractivity (Wildman–Crippen MR) is 111 cm³/mol. The molecule has 3 aromatic rings. The zero-order chi connectivity index (χ0) is 19.5. The van der Waals surface area contributed by atoms with E-state index in [0.29, 0.717) is 22.7 Å². The van der Waals surface area contributed by atoms with E-state index in [1.807, 2.05) is 24.3 Å². The molecule has 1 aliphatic rings. The fourth-order valence-electron chi connectivity index (χ4n) is 3.60. The van der Waals surface area contributed by atoms with Gasteiger partial charge in [0.05, 0.1) is 14.2 Å². The predicted octanol–water partition coefficient (Wildman–Crippen LogP) is 4.65. The highest BCUT2D eigenvalue weighted by Crippen LogP contribution is 2.35. The number of carbonyl (C=O) groups excluding carboxylic acids is 1. The lowest BCUT2D eigenvalue weighted by Gasteiger charge is -2.20. The van der Waals surface area contributed by atoms with E-state index in [2.05, 4.69) is 34.5 Å².